The molecular weight excluding hydrogens is 309 g/mol. The van der Waals surface area contributed by atoms with Gasteiger partial charge in [-0.25, -0.2) is 0 Å². The van der Waals surface area contributed by atoms with Gasteiger partial charge in [0, 0.05) is 12.0 Å². The number of aliphatic hydroxyl groups excluding tert-OH is 1. The summed E-state index contributed by atoms with van der Waals surface area (Å²) in [5.74, 6) is 5.22. The van der Waals surface area contributed by atoms with Crippen LogP contribution in [0.25, 0.3) is 0 Å². The first-order chi connectivity index (χ1) is 9.73. The number of halogens is 3. The molecule has 9 heteroatoms. The molecule has 0 aliphatic rings. The zero-order chi connectivity index (χ0) is 15.9. The maximum absolute atomic E-state index is 12.0. The zero-order valence-corrected chi connectivity index (χ0v) is 11.6. The minimum Gasteiger partial charge on any atom is -0.395 e. The van der Waals surface area contributed by atoms with Crippen LogP contribution in [0.3, 0.4) is 0 Å². The second-order valence-corrected chi connectivity index (χ2v) is 5.36. The molecule has 0 amide bonds. The van der Waals surface area contributed by atoms with Gasteiger partial charge in [0.25, 0.3) is 10.2 Å². The molecule has 0 spiro atoms. The summed E-state index contributed by atoms with van der Waals surface area (Å²) in [6.45, 7) is -1.81. The van der Waals surface area contributed by atoms with E-state index in [0.717, 1.165) is 0 Å². The van der Waals surface area contributed by atoms with Gasteiger partial charge in [0.2, 0.25) is 0 Å². The van der Waals surface area contributed by atoms with Crippen LogP contribution in [0.5, 0.6) is 0 Å². The van der Waals surface area contributed by atoms with Gasteiger partial charge in [0.1, 0.15) is 6.54 Å². The molecule has 1 rings (SSSR count). The van der Waals surface area contributed by atoms with Crippen molar-refractivity contribution < 1.29 is 26.7 Å². The van der Waals surface area contributed by atoms with Gasteiger partial charge in [-0.15, -0.1) is 0 Å². The second kappa shape index (κ2) is 7.31. The van der Waals surface area contributed by atoms with Crippen LogP contribution in [-0.2, 0) is 10.2 Å². The molecule has 0 aromatic heterocycles. The van der Waals surface area contributed by atoms with Gasteiger partial charge in [-0.1, -0.05) is 24.0 Å². The topological polar surface area (TPSA) is 78.4 Å². The number of aliphatic hydroxyl groups is 1. The number of hydrogen-bond acceptors (Lipinski definition) is 3. The van der Waals surface area contributed by atoms with Crippen LogP contribution in [-0.4, -0.2) is 32.9 Å². The Balaban J connectivity index is 2.85. The first-order valence-corrected chi connectivity index (χ1v) is 7.25. The lowest BCUT2D eigenvalue weighted by molar-refractivity contribution is -0.121. The predicted octanol–water partition coefficient (Wildman–Crippen LogP) is 1.23. The molecule has 3 N–H and O–H groups in total. The first kappa shape index (κ1) is 17.3. The maximum Gasteiger partial charge on any atom is 0.402 e. The van der Waals surface area contributed by atoms with Crippen molar-refractivity contribution in [1.82, 2.24) is 4.72 Å². The highest BCUT2D eigenvalue weighted by molar-refractivity contribution is 7.90. The Bertz CT molecular complexity index is 633. The molecule has 0 bridgehead atoms. The number of hydrogen-bond donors (Lipinski definition) is 3. The number of para-hydroxylation sites is 1. The molecule has 1 aromatic carbocycles. The third-order valence-corrected chi connectivity index (χ3v) is 3.11. The van der Waals surface area contributed by atoms with Crippen LogP contribution in [0, 0.1) is 11.8 Å². The molecule has 0 fully saturated rings. The highest BCUT2D eigenvalue weighted by Gasteiger charge is 2.29. The van der Waals surface area contributed by atoms with Crippen molar-refractivity contribution >= 4 is 15.9 Å². The van der Waals surface area contributed by atoms with Crippen LogP contribution >= 0.6 is 0 Å². The fraction of sp³-hybridized carbons (Fsp3) is 0.333. The Morgan fingerprint density at radius 3 is 2.52 bits per heavy atom. The molecule has 0 saturated heterocycles. The van der Waals surface area contributed by atoms with Gasteiger partial charge in [-0.05, 0) is 12.1 Å². The summed E-state index contributed by atoms with van der Waals surface area (Å²) in [5.41, 5.74) is 0.348. The molecule has 0 radical (unpaired) electrons. The lowest BCUT2D eigenvalue weighted by Gasteiger charge is -2.12. The Morgan fingerprint density at radius 2 is 1.90 bits per heavy atom. The lowest BCUT2D eigenvalue weighted by Crippen LogP contribution is -2.37. The number of rotatable bonds is 5. The number of anilines is 1. The summed E-state index contributed by atoms with van der Waals surface area (Å²) in [7, 11) is -4.36. The third-order valence-electron chi connectivity index (χ3n) is 2.09. The summed E-state index contributed by atoms with van der Waals surface area (Å²) in [6, 6.07) is 5.99. The third kappa shape index (κ3) is 6.99. The van der Waals surface area contributed by atoms with Crippen molar-refractivity contribution in [3.05, 3.63) is 29.8 Å². The molecule has 116 valence electrons. The van der Waals surface area contributed by atoms with Gasteiger partial charge in [0.05, 0.1) is 12.3 Å². The maximum atomic E-state index is 12.0. The fourth-order valence-electron chi connectivity index (χ4n) is 1.25. The molecule has 21 heavy (non-hydrogen) atoms. The summed E-state index contributed by atoms with van der Waals surface area (Å²) >= 11 is 0. The van der Waals surface area contributed by atoms with E-state index in [9.17, 15) is 21.6 Å². The highest BCUT2D eigenvalue weighted by atomic mass is 32.2. The van der Waals surface area contributed by atoms with Crippen molar-refractivity contribution in [3.8, 4) is 11.8 Å². The van der Waals surface area contributed by atoms with Crippen LogP contribution in [0.4, 0.5) is 18.9 Å². The molecule has 5 nitrogen and oxygen atoms in total. The number of alkyl halides is 3. The van der Waals surface area contributed by atoms with Crippen molar-refractivity contribution in [3.63, 3.8) is 0 Å². The second-order valence-electron chi connectivity index (χ2n) is 3.86. The quantitative estimate of drug-likeness (QED) is 0.714. The van der Waals surface area contributed by atoms with Crippen molar-refractivity contribution in [2.45, 2.75) is 12.6 Å². The van der Waals surface area contributed by atoms with Gasteiger partial charge in [-0.3, -0.25) is 4.72 Å². The monoisotopic (exact) mass is 322 g/mol. The van der Waals surface area contributed by atoms with E-state index < -0.39 is 22.9 Å². The van der Waals surface area contributed by atoms with Crippen LogP contribution in [0.1, 0.15) is 12.0 Å². The molecule has 0 saturated carbocycles. The zero-order valence-electron chi connectivity index (χ0n) is 10.7. The van der Waals surface area contributed by atoms with Crippen molar-refractivity contribution in [2.24, 2.45) is 0 Å². The molecule has 1 aromatic rings. The van der Waals surface area contributed by atoms with E-state index in [2.05, 4.69) is 11.8 Å². The lowest BCUT2D eigenvalue weighted by atomic mass is 10.2. The van der Waals surface area contributed by atoms with E-state index in [-0.39, 0.29) is 18.7 Å². The summed E-state index contributed by atoms with van der Waals surface area (Å²) in [6.07, 6.45) is -4.44. The van der Waals surface area contributed by atoms with E-state index >= 15 is 0 Å². The van der Waals surface area contributed by atoms with E-state index in [1.165, 1.54) is 22.9 Å². The van der Waals surface area contributed by atoms with Gasteiger partial charge < -0.3 is 5.11 Å². The standard InChI is InChI=1S/C12H13F3N2O3S/c13-12(14,15)9-16-21(19,20)17-11-7-2-1-5-10(11)6-3-4-8-18/h1-2,5,7,16-18H,4,8-9H2. The first-order valence-electron chi connectivity index (χ1n) is 5.76. The molecule has 0 unspecified atom stereocenters. The molecular formula is C12H13F3N2O3S. The summed E-state index contributed by atoms with van der Waals surface area (Å²) < 4.78 is 62.4. The molecule has 0 aliphatic heterocycles. The molecule has 0 heterocycles. The van der Waals surface area contributed by atoms with Crippen LogP contribution in [0.2, 0.25) is 0 Å². The highest BCUT2D eigenvalue weighted by Crippen LogP contribution is 2.16. The van der Waals surface area contributed by atoms with Gasteiger partial charge in [0.15, 0.2) is 0 Å². The average molecular weight is 322 g/mol. The Hall–Kier alpha value is -1.76. The smallest absolute Gasteiger partial charge is 0.395 e. The Labute approximate surface area is 120 Å². The van der Waals surface area contributed by atoms with E-state index in [1.54, 1.807) is 6.07 Å². The van der Waals surface area contributed by atoms with Gasteiger partial charge in [-0.2, -0.15) is 26.3 Å². The van der Waals surface area contributed by atoms with Crippen molar-refractivity contribution in [2.75, 3.05) is 17.9 Å². The summed E-state index contributed by atoms with van der Waals surface area (Å²) in [4.78, 5) is 0. The fourth-order valence-corrected chi connectivity index (χ4v) is 2.15. The van der Waals surface area contributed by atoms with Crippen LogP contribution in [0.15, 0.2) is 24.3 Å². The Morgan fingerprint density at radius 1 is 1.24 bits per heavy atom. The normalized spacial score (nSPS) is 11.6. The molecule has 0 aliphatic carbocycles. The largest absolute Gasteiger partial charge is 0.402 e. The Kier molecular flexibility index (Phi) is 6.02. The number of benzene rings is 1. The van der Waals surface area contributed by atoms with Gasteiger partial charge >= 0.3 is 6.18 Å². The minimum absolute atomic E-state index is 0.0533. The average Bonchev–Trinajstić information content (AvgIpc) is 2.38. The van der Waals surface area contributed by atoms with Crippen LogP contribution < -0.4 is 9.44 Å². The predicted molar refractivity (Wildman–Crippen MR) is 71.6 cm³/mol. The SMILES string of the molecule is O=S(=O)(NCC(F)(F)F)Nc1ccccc1C#CCCO. The van der Waals surface area contributed by atoms with E-state index in [4.69, 9.17) is 5.11 Å². The number of nitrogens with one attached hydrogen (secondary N) is 2. The summed E-state index contributed by atoms with van der Waals surface area (Å²) in [5, 5.41) is 8.62. The van der Waals surface area contributed by atoms with Crippen molar-refractivity contribution in [1.29, 1.82) is 0 Å². The minimum atomic E-state index is -4.64. The van der Waals surface area contributed by atoms with E-state index in [1.807, 2.05) is 4.72 Å². The van der Waals surface area contributed by atoms with E-state index in [0.29, 0.717) is 5.56 Å². The molecule has 0 atom stereocenters.